The van der Waals surface area contributed by atoms with Gasteiger partial charge in [0, 0.05) is 24.6 Å². The number of anilines is 1. The number of primary amides is 1. The van der Waals surface area contributed by atoms with Gasteiger partial charge in [-0.1, -0.05) is 71.6 Å². The van der Waals surface area contributed by atoms with Crippen LogP contribution in [0.25, 0.3) is 0 Å². The Labute approximate surface area is 282 Å². The molecule has 0 radical (unpaired) electrons. The van der Waals surface area contributed by atoms with Crippen molar-refractivity contribution in [3.63, 3.8) is 0 Å². The minimum atomic E-state index is -1.71. The Hall–Kier alpha value is -3.80. The van der Waals surface area contributed by atoms with Crippen molar-refractivity contribution in [2.45, 2.75) is 134 Å². The van der Waals surface area contributed by atoms with Gasteiger partial charge in [-0.3, -0.25) is 28.9 Å². The molecule has 0 aromatic heterocycles. The molecule has 2 heterocycles. The van der Waals surface area contributed by atoms with E-state index in [1.165, 1.54) is 4.90 Å². The van der Waals surface area contributed by atoms with E-state index in [9.17, 15) is 28.8 Å². The average molecular weight is 666 g/mol. The summed E-state index contributed by atoms with van der Waals surface area (Å²) < 4.78 is 6.05. The fourth-order valence-corrected chi connectivity index (χ4v) is 7.64. The molecule has 0 bridgehead atoms. The molecule has 4 fully saturated rings. The number of hydrogen-bond donors (Lipinski definition) is 3. The van der Waals surface area contributed by atoms with Gasteiger partial charge in [0.25, 0.3) is 5.91 Å². The SMILES string of the molecule is CCC[C@H](NC1CC1)C(=O)C(=O)N1C[C@]2(C[C@H]1C(N)=O)OC(=O)N(c1ccccc1)[C@@H]2C(=O)[C@@H](NC(=O)CC1CCCCC1)C(C)(C)C. The fourth-order valence-electron chi connectivity index (χ4n) is 7.64. The van der Waals surface area contributed by atoms with Gasteiger partial charge in [0.15, 0.2) is 11.4 Å². The summed E-state index contributed by atoms with van der Waals surface area (Å²) in [5.41, 5.74) is 3.73. The number of likely N-dealkylation sites (tertiary alicyclic amines) is 1. The van der Waals surface area contributed by atoms with Crippen molar-refractivity contribution >= 4 is 41.1 Å². The lowest BCUT2D eigenvalue weighted by atomic mass is 9.77. The number of benzene rings is 1. The van der Waals surface area contributed by atoms with Crippen LogP contribution >= 0.6 is 0 Å². The molecule has 12 nitrogen and oxygen atoms in total. The third-order valence-electron chi connectivity index (χ3n) is 10.3. The van der Waals surface area contributed by atoms with Crippen molar-refractivity contribution < 1.29 is 33.5 Å². The lowest BCUT2D eigenvalue weighted by Crippen LogP contribution is -2.61. The Balaban J connectivity index is 1.50. The summed E-state index contributed by atoms with van der Waals surface area (Å²) >= 11 is 0. The summed E-state index contributed by atoms with van der Waals surface area (Å²) in [5.74, 6) is -2.96. The predicted octanol–water partition coefficient (Wildman–Crippen LogP) is 3.40. The second-order valence-corrected chi connectivity index (χ2v) is 15.2. The topological polar surface area (TPSA) is 168 Å². The van der Waals surface area contributed by atoms with Crippen LogP contribution in [0.1, 0.15) is 98.3 Å². The summed E-state index contributed by atoms with van der Waals surface area (Å²) in [6, 6.07) is 4.32. The van der Waals surface area contributed by atoms with Crippen LogP contribution in [0.5, 0.6) is 0 Å². The maximum absolute atomic E-state index is 14.9. The van der Waals surface area contributed by atoms with Gasteiger partial charge in [0.1, 0.15) is 12.1 Å². The largest absolute Gasteiger partial charge is 0.438 e. The minimum Gasteiger partial charge on any atom is -0.438 e. The Morgan fingerprint density at radius 1 is 1.02 bits per heavy atom. The zero-order valence-corrected chi connectivity index (χ0v) is 28.7. The molecule has 1 spiro atoms. The predicted molar refractivity (Wildman–Crippen MR) is 179 cm³/mol. The molecule has 2 saturated carbocycles. The van der Waals surface area contributed by atoms with Crippen LogP contribution in [-0.2, 0) is 28.7 Å². The van der Waals surface area contributed by atoms with Crippen LogP contribution in [0.2, 0.25) is 0 Å². The smallest absolute Gasteiger partial charge is 0.415 e. The van der Waals surface area contributed by atoms with Crippen LogP contribution in [0.4, 0.5) is 10.5 Å². The number of amides is 4. The number of rotatable bonds is 13. The first-order chi connectivity index (χ1) is 22.8. The number of ether oxygens (including phenoxy) is 1. The van der Waals surface area contributed by atoms with E-state index in [-0.39, 0.29) is 30.8 Å². The van der Waals surface area contributed by atoms with E-state index in [0.717, 1.165) is 49.8 Å². The number of carbonyl (C=O) groups excluding carboxylic acids is 6. The molecule has 0 unspecified atom stereocenters. The van der Waals surface area contributed by atoms with Crippen LogP contribution in [0.15, 0.2) is 30.3 Å². The van der Waals surface area contributed by atoms with E-state index in [2.05, 4.69) is 10.6 Å². The molecule has 262 valence electrons. The van der Waals surface area contributed by atoms with Crippen molar-refractivity contribution in [2.24, 2.45) is 17.1 Å². The van der Waals surface area contributed by atoms with Crippen LogP contribution in [-0.4, -0.2) is 82.6 Å². The first-order valence-corrected chi connectivity index (χ1v) is 17.6. The lowest BCUT2D eigenvalue weighted by molar-refractivity contribution is -0.148. The van der Waals surface area contributed by atoms with E-state index in [4.69, 9.17) is 10.5 Å². The highest BCUT2D eigenvalue weighted by molar-refractivity contribution is 6.38. The highest BCUT2D eigenvalue weighted by Crippen LogP contribution is 2.44. The van der Waals surface area contributed by atoms with Gasteiger partial charge in [-0.05, 0) is 55.6 Å². The third kappa shape index (κ3) is 7.58. The Morgan fingerprint density at radius 2 is 1.69 bits per heavy atom. The lowest BCUT2D eigenvalue weighted by Gasteiger charge is -2.37. The van der Waals surface area contributed by atoms with Gasteiger partial charge in [-0.2, -0.15) is 0 Å². The average Bonchev–Trinajstić information content (AvgIpc) is 3.71. The van der Waals surface area contributed by atoms with E-state index in [0.29, 0.717) is 24.9 Å². The second-order valence-electron chi connectivity index (χ2n) is 15.2. The molecule has 12 heteroatoms. The number of hydrogen-bond acceptors (Lipinski definition) is 8. The molecule has 4 aliphatic rings. The first kappa shape index (κ1) is 35.5. The molecular formula is C36H51N5O7. The zero-order chi connectivity index (χ0) is 34.8. The summed E-state index contributed by atoms with van der Waals surface area (Å²) in [6.07, 6.45) is 7.36. The number of Topliss-reactive ketones (excluding diaryl/α,β-unsaturated/α-hetero) is 2. The molecular weight excluding hydrogens is 614 g/mol. The summed E-state index contributed by atoms with van der Waals surface area (Å²) in [6.45, 7) is 7.05. The normalized spacial score (nSPS) is 25.9. The maximum atomic E-state index is 14.9. The standard InChI is InChI=1S/C36H51N5O7/c1-5-12-25(38-23-17-18-23)28(43)33(46)40-21-36(20-26(40)32(37)45)31(41(34(47)48-36)24-15-10-7-11-16-24)29(44)30(35(2,3)4)39-27(42)19-22-13-8-6-9-14-22/h7,10-11,15-16,22-23,25-26,30-31,38H,5-6,8-9,12-14,17-21H2,1-4H3,(H2,37,45)(H,39,42)/t25-,26-,30+,31+,36-/m0/s1. The van der Waals surface area contributed by atoms with Crippen molar-refractivity contribution in [1.82, 2.24) is 15.5 Å². The Morgan fingerprint density at radius 3 is 2.27 bits per heavy atom. The number of carbonyl (C=O) groups is 6. The summed E-state index contributed by atoms with van der Waals surface area (Å²) in [4.78, 5) is 84.9. The Bertz CT molecular complexity index is 1400. The van der Waals surface area contributed by atoms with Gasteiger partial charge in [-0.15, -0.1) is 0 Å². The molecule has 5 rings (SSSR count). The molecule has 1 aromatic carbocycles. The highest BCUT2D eigenvalue weighted by atomic mass is 16.6. The number of para-hydroxylation sites is 1. The van der Waals surface area contributed by atoms with Crippen LogP contribution in [0, 0.1) is 11.3 Å². The van der Waals surface area contributed by atoms with Crippen molar-refractivity contribution in [1.29, 1.82) is 0 Å². The number of ketones is 2. The molecule has 4 amide bonds. The van der Waals surface area contributed by atoms with E-state index in [1.54, 1.807) is 30.3 Å². The van der Waals surface area contributed by atoms with Gasteiger partial charge < -0.3 is 26.0 Å². The highest BCUT2D eigenvalue weighted by Gasteiger charge is 2.66. The number of nitrogens with zero attached hydrogens (tertiary/aromatic N) is 2. The molecule has 4 N–H and O–H groups in total. The third-order valence-corrected chi connectivity index (χ3v) is 10.3. The first-order valence-electron chi connectivity index (χ1n) is 17.6. The molecule has 2 aliphatic heterocycles. The van der Waals surface area contributed by atoms with Gasteiger partial charge >= 0.3 is 6.09 Å². The molecule has 2 aliphatic carbocycles. The summed E-state index contributed by atoms with van der Waals surface area (Å²) in [7, 11) is 0. The minimum absolute atomic E-state index is 0.162. The summed E-state index contributed by atoms with van der Waals surface area (Å²) in [5, 5.41) is 6.24. The zero-order valence-electron chi connectivity index (χ0n) is 28.7. The maximum Gasteiger partial charge on any atom is 0.415 e. The van der Waals surface area contributed by atoms with Crippen molar-refractivity contribution in [3.8, 4) is 0 Å². The molecule has 2 saturated heterocycles. The number of nitrogens with one attached hydrogen (secondary N) is 2. The van der Waals surface area contributed by atoms with Gasteiger partial charge in [0.05, 0.1) is 18.6 Å². The van der Waals surface area contributed by atoms with Crippen LogP contribution in [0.3, 0.4) is 0 Å². The molecule has 48 heavy (non-hydrogen) atoms. The second kappa shape index (κ2) is 14.4. The van der Waals surface area contributed by atoms with E-state index >= 15 is 0 Å². The van der Waals surface area contributed by atoms with Gasteiger partial charge in [0.2, 0.25) is 17.6 Å². The van der Waals surface area contributed by atoms with Crippen molar-refractivity contribution in [3.05, 3.63) is 30.3 Å². The van der Waals surface area contributed by atoms with Crippen LogP contribution < -0.4 is 21.3 Å². The number of nitrogens with two attached hydrogens (primary N) is 1. The Kier molecular flexibility index (Phi) is 10.6. The van der Waals surface area contributed by atoms with E-state index < -0.39 is 64.7 Å². The fraction of sp³-hybridized carbons (Fsp3) is 0.667. The van der Waals surface area contributed by atoms with E-state index in [1.807, 2.05) is 27.7 Å². The van der Waals surface area contributed by atoms with Gasteiger partial charge in [-0.25, -0.2) is 4.79 Å². The quantitative estimate of drug-likeness (QED) is 0.270. The molecule has 1 aromatic rings. The molecule has 5 atom stereocenters. The monoisotopic (exact) mass is 665 g/mol. The van der Waals surface area contributed by atoms with Crippen molar-refractivity contribution in [2.75, 3.05) is 11.4 Å².